The molecule has 7 atom stereocenters. The lowest BCUT2D eigenvalue weighted by Gasteiger charge is -2.40. The maximum absolute atomic E-state index is 13.1. The van der Waals surface area contributed by atoms with Crippen molar-refractivity contribution in [2.24, 2.45) is 0 Å². The predicted molar refractivity (Wildman–Crippen MR) is 309 cm³/mol. The summed E-state index contributed by atoms with van der Waals surface area (Å²) in [6.45, 7) is 3.80. The Hall–Kier alpha value is -1.59. The first-order valence-corrected chi connectivity index (χ1v) is 31.7. The Kier molecular flexibility index (Phi) is 51.2. The molecule has 0 aromatic rings. The number of unbranched alkanes of at least 4 members (excludes halogenated alkanes) is 41. The molecule has 9 heteroatoms. The molecule has 1 aliphatic heterocycles. The van der Waals surface area contributed by atoms with Gasteiger partial charge in [-0.05, 0) is 57.8 Å². The number of hydrogen-bond donors (Lipinski definition) is 6. The van der Waals surface area contributed by atoms with Crippen molar-refractivity contribution in [3.05, 3.63) is 36.5 Å². The number of amides is 1. The summed E-state index contributed by atoms with van der Waals surface area (Å²) in [5.74, 6) is -0.183. The van der Waals surface area contributed by atoms with Gasteiger partial charge in [-0.3, -0.25) is 4.79 Å². The molecule has 0 saturated carbocycles. The van der Waals surface area contributed by atoms with Crippen molar-refractivity contribution in [1.29, 1.82) is 0 Å². The fourth-order valence-electron chi connectivity index (χ4n) is 10.2. The number of aliphatic hydroxyl groups excluding tert-OH is 5. The molecule has 0 bridgehead atoms. The normalized spacial score (nSPS) is 19.2. The average molecular weight is 1030 g/mol. The van der Waals surface area contributed by atoms with Crippen molar-refractivity contribution in [3.8, 4) is 0 Å². The molecule has 0 aromatic carbocycles. The summed E-state index contributed by atoms with van der Waals surface area (Å²) in [5.41, 5.74) is 0. The molecule has 1 rings (SSSR count). The smallest absolute Gasteiger partial charge is 0.220 e. The monoisotopic (exact) mass is 1030 g/mol. The first-order valence-electron chi connectivity index (χ1n) is 31.7. The van der Waals surface area contributed by atoms with Crippen LogP contribution in [0.1, 0.15) is 309 Å². The summed E-state index contributed by atoms with van der Waals surface area (Å²) in [7, 11) is 0. The fraction of sp³-hybridized carbons (Fsp3) is 0.891. The lowest BCUT2D eigenvalue weighted by atomic mass is 9.99. The number of allylic oxidation sites excluding steroid dienone is 5. The molecule has 1 saturated heterocycles. The third-order valence-corrected chi connectivity index (χ3v) is 15.2. The molecular formula is C64H121NO8. The largest absolute Gasteiger partial charge is 0.394 e. The molecule has 1 heterocycles. The number of carbonyl (C=O) groups is 1. The van der Waals surface area contributed by atoms with Crippen molar-refractivity contribution < 1.29 is 39.8 Å². The average Bonchev–Trinajstić information content (AvgIpc) is 3.39. The van der Waals surface area contributed by atoms with Crippen molar-refractivity contribution in [2.45, 2.75) is 352 Å². The van der Waals surface area contributed by atoms with Crippen molar-refractivity contribution in [2.75, 3.05) is 13.2 Å². The minimum Gasteiger partial charge on any atom is -0.394 e. The molecule has 73 heavy (non-hydrogen) atoms. The predicted octanol–water partition coefficient (Wildman–Crippen LogP) is 16.3. The van der Waals surface area contributed by atoms with Crippen LogP contribution in [0.15, 0.2) is 36.5 Å². The maximum Gasteiger partial charge on any atom is 0.220 e. The van der Waals surface area contributed by atoms with Gasteiger partial charge >= 0.3 is 0 Å². The van der Waals surface area contributed by atoms with Crippen LogP contribution in [0.2, 0.25) is 0 Å². The molecule has 0 spiro atoms. The number of nitrogens with one attached hydrogen (secondary N) is 1. The second kappa shape index (κ2) is 53.8. The zero-order valence-corrected chi connectivity index (χ0v) is 47.9. The minimum absolute atomic E-state index is 0.183. The summed E-state index contributed by atoms with van der Waals surface area (Å²) in [6.07, 6.45) is 63.7. The highest BCUT2D eigenvalue weighted by Crippen LogP contribution is 2.23. The summed E-state index contributed by atoms with van der Waals surface area (Å²) >= 11 is 0. The van der Waals surface area contributed by atoms with E-state index in [1.807, 2.05) is 6.08 Å². The number of carbonyl (C=O) groups excluding carboxylic acids is 1. The quantitative estimate of drug-likeness (QED) is 0.0261. The summed E-state index contributed by atoms with van der Waals surface area (Å²) < 4.78 is 11.3. The molecule has 1 aliphatic rings. The van der Waals surface area contributed by atoms with Crippen LogP contribution in [0.5, 0.6) is 0 Å². The molecule has 0 aliphatic carbocycles. The summed E-state index contributed by atoms with van der Waals surface area (Å²) in [5, 5.41) is 54.6. The first-order chi connectivity index (χ1) is 35.8. The van der Waals surface area contributed by atoms with Gasteiger partial charge in [0.1, 0.15) is 24.4 Å². The summed E-state index contributed by atoms with van der Waals surface area (Å²) in [6, 6.07) is -0.822. The van der Waals surface area contributed by atoms with Crippen LogP contribution >= 0.6 is 0 Å². The van der Waals surface area contributed by atoms with Gasteiger partial charge in [-0.1, -0.05) is 281 Å². The Bertz CT molecular complexity index is 1240. The van der Waals surface area contributed by atoms with E-state index >= 15 is 0 Å². The Balaban J connectivity index is 2.20. The van der Waals surface area contributed by atoms with Gasteiger partial charge in [-0.25, -0.2) is 0 Å². The minimum atomic E-state index is -1.57. The van der Waals surface area contributed by atoms with Crippen molar-refractivity contribution in [1.82, 2.24) is 5.32 Å². The molecule has 7 unspecified atom stereocenters. The lowest BCUT2D eigenvalue weighted by Crippen LogP contribution is -2.60. The van der Waals surface area contributed by atoms with Gasteiger partial charge in [0.2, 0.25) is 5.91 Å². The van der Waals surface area contributed by atoms with E-state index < -0.39 is 49.5 Å². The van der Waals surface area contributed by atoms with Crippen LogP contribution in [-0.2, 0) is 14.3 Å². The molecule has 6 N–H and O–H groups in total. The molecule has 0 aromatic heterocycles. The highest BCUT2D eigenvalue weighted by atomic mass is 16.7. The van der Waals surface area contributed by atoms with Gasteiger partial charge in [-0.15, -0.1) is 0 Å². The van der Waals surface area contributed by atoms with E-state index in [4.69, 9.17) is 9.47 Å². The van der Waals surface area contributed by atoms with Gasteiger partial charge in [0.15, 0.2) is 6.29 Å². The van der Waals surface area contributed by atoms with E-state index in [1.165, 1.54) is 250 Å². The SMILES string of the molecule is CCCCCCCCCC/C=C\CCCCCCCCCCCCCC(=O)NC(COC1OC(CO)C(O)C(O)C1O)C(O)/C=C/CC/C=C/CCCCCCCCCCCCCCCCCCCCCCC. The zero-order chi connectivity index (χ0) is 52.9. The highest BCUT2D eigenvalue weighted by molar-refractivity contribution is 5.76. The zero-order valence-electron chi connectivity index (χ0n) is 47.9. The van der Waals surface area contributed by atoms with Crippen LogP contribution < -0.4 is 5.32 Å². The number of ether oxygens (including phenoxy) is 2. The van der Waals surface area contributed by atoms with Crippen LogP contribution in [0, 0.1) is 0 Å². The van der Waals surface area contributed by atoms with E-state index in [0.29, 0.717) is 6.42 Å². The van der Waals surface area contributed by atoms with Gasteiger partial charge < -0.3 is 40.3 Å². The Morgan fingerprint density at radius 1 is 0.452 bits per heavy atom. The molecule has 0 radical (unpaired) electrons. The van der Waals surface area contributed by atoms with Gasteiger partial charge in [-0.2, -0.15) is 0 Å². The number of aliphatic hydroxyl groups is 5. The highest BCUT2D eigenvalue weighted by Gasteiger charge is 2.44. The van der Waals surface area contributed by atoms with Crippen LogP contribution in [-0.4, -0.2) is 87.5 Å². The van der Waals surface area contributed by atoms with Gasteiger partial charge in [0, 0.05) is 6.42 Å². The molecule has 1 amide bonds. The fourth-order valence-corrected chi connectivity index (χ4v) is 10.2. The van der Waals surface area contributed by atoms with E-state index in [2.05, 4.69) is 43.5 Å². The van der Waals surface area contributed by atoms with Gasteiger partial charge in [0.25, 0.3) is 0 Å². The topological polar surface area (TPSA) is 149 Å². The summed E-state index contributed by atoms with van der Waals surface area (Å²) in [4.78, 5) is 13.1. The molecule has 430 valence electrons. The first kappa shape index (κ1) is 69.4. The lowest BCUT2D eigenvalue weighted by molar-refractivity contribution is -0.302. The Labute approximate surface area is 451 Å². The van der Waals surface area contributed by atoms with Crippen LogP contribution in [0.4, 0.5) is 0 Å². The number of rotatable bonds is 55. The van der Waals surface area contributed by atoms with E-state index in [0.717, 1.165) is 38.5 Å². The Morgan fingerprint density at radius 3 is 1.15 bits per heavy atom. The van der Waals surface area contributed by atoms with E-state index in [-0.39, 0.29) is 12.5 Å². The van der Waals surface area contributed by atoms with E-state index in [9.17, 15) is 30.3 Å². The van der Waals surface area contributed by atoms with E-state index in [1.54, 1.807) is 6.08 Å². The third-order valence-electron chi connectivity index (χ3n) is 15.2. The standard InChI is InChI=1S/C64H121NO8/c1-3-5-7-9-11-13-15-17-19-21-23-25-27-28-29-30-32-33-35-37-39-41-43-45-47-49-51-53-58(67)57(56-72-64-63(71)62(70)61(69)59(55-66)73-64)65-60(68)54-52-50-48-46-44-42-40-38-36-34-31-26-24-22-20-18-16-14-12-10-8-6-4-2/h22,24,43,45,51,53,57-59,61-64,66-67,69-71H,3-21,23,25-42,44,46-50,52,54-56H2,1-2H3,(H,65,68)/b24-22-,45-43+,53-51+. The van der Waals surface area contributed by atoms with Crippen molar-refractivity contribution >= 4 is 5.91 Å². The third kappa shape index (κ3) is 43.1. The molecular weight excluding hydrogens is 911 g/mol. The maximum atomic E-state index is 13.1. The van der Waals surface area contributed by atoms with Crippen LogP contribution in [0.3, 0.4) is 0 Å². The van der Waals surface area contributed by atoms with Gasteiger partial charge in [0.05, 0.1) is 25.4 Å². The Morgan fingerprint density at radius 2 is 0.781 bits per heavy atom. The second-order valence-electron chi connectivity index (χ2n) is 22.2. The molecule has 9 nitrogen and oxygen atoms in total. The molecule has 1 fully saturated rings. The van der Waals surface area contributed by atoms with Crippen LogP contribution in [0.25, 0.3) is 0 Å². The second-order valence-corrected chi connectivity index (χ2v) is 22.2. The van der Waals surface area contributed by atoms with Crippen molar-refractivity contribution in [3.63, 3.8) is 0 Å². The number of hydrogen-bond acceptors (Lipinski definition) is 8.